The number of hydrogen-bond acceptors (Lipinski definition) is 3. The van der Waals surface area contributed by atoms with Crippen molar-refractivity contribution in [3.8, 4) is 5.75 Å². The number of hydrogen-bond donors (Lipinski definition) is 1. The standard InChI is InChI=1S/C15H19NO2/c1-16(8-3-9-17)14-6-4-13-11-15(18-2)7-5-12(13)10-14/h4-7,10-11,17H,3,8-9H2,1-2H3. The Morgan fingerprint density at radius 3 is 2.56 bits per heavy atom. The lowest BCUT2D eigenvalue weighted by atomic mass is 10.1. The highest BCUT2D eigenvalue weighted by Gasteiger charge is 2.02. The first-order valence-electron chi connectivity index (χ1n) is 6.14. The fourth-order valence-electron chi connectivity index (χ4n) is 2.01. The van der Waals surface area contributed by atoms with Crippen molar-refractivity contribution in [3.63, 3.8) is 0 Å². The van der Waals surface area contributed by atoms with Gasteiger partial charge in [0.1, 0.15) is 5.75 Å². The van der Waals surface area contributed by atoms with E-state index in [-0.39, 0.29) is 6.61 Å². The lowest BCUT2D eigenvalue weighted by molar-refractivity contribution is 0.290. The van der Waals surface area contributed by atoms with Crippen molar-refractivity contribution in [2.75, 3.05) is 32.2 Å². The maximum Gasteiger partial charge on any atom is 0.119 e. The Morgan fingerprint density at radius 2 is 1.83 bits per heavy atom. The Labute approximate surface area is 108 Å². The van der Waals surface area contributed by atoms with Crippen molar-refractivity contribution in [1.29, 1.82) is 0 Å². The van der Waals surface area contributed by atoms with Crippen LogP contribution in [-0.2, 0) is 0 Å². The van der Waals surface area contributed by atoms with Gasteiger partial charge in [0.15, 0.2) is 0 Å². The van der Waals surface area contributed by atoms with E-state index < -0.39 is 0 Å². The third-order valence-corrected chi connectivity index (χ3v) is 3.12. The first-order chi connectivity index (χ1) is 8.74. The van der Waals surface area contributed by atoms with Crippen molar-refractivity contribution in [3.05, 3.63) is 36.4 Å². The Balaban J connectivity index is 2.27. The number of methoxy groups -OCH3 is 1. The second kappa shape index (κ2) is 5.74. The average Bonchev–Trinajstić information content (AvgIpc) is 2.43. The van der Waals surface area contributed by atoms with Crippen LogP contribution in [0.4, 0.5) is 5.69 Å². The number of anilines is 1. The van der Waals surface area contributed by atoms with Crippen LogP contribution in [0.15, 0.2) is 36.4 Å². The van der Waals surface area contributed by atoms with E-state index in [1.54, 1.807) is 7.11 Å². The van der Waals surface area contributed by atoms with Crippen LogP contribution in [0.25, 0.3) is 10.8 Å². The van der Waals surface area contributed by atoms with Gasteiger partial charge in [-0.15, -0.1) is 0 Å². The molecular weight excluding hydrogens is 226 g/mol. The van der Waals surface area contributed by atoms with E-state index in [0.29, 0.717) is 0 Å². The van der Waals surface area contributed by atoms with Crippen LogP contribution in [0.5, 0.6) is 5.75 Å². The second-order valence-electron chi connectivity index (χ2n) is 4.40. The molecule has 0 saturated heterocycles. The van der Waals surface area contributed by atoms with Crippen LogP contribution in [0, 0.1) is 0 Å². The fourth-order valence-corrected chi connectivity index (χ4v) is 2.01. The summed E-state index contributed by atoms with van der Waals surface area (Å²) < 4.78 is 5.21. The van der Waals surface area contributed by atoms with Gasteiger partial charge < -0.3 is 14.7 Å². The molecule has 1 N–H and O–H groups in total. The highest BCUT2D eigenvalue weighted by atomic mass is 16.5. The smallest absolute Gasteiger partial charge is 0.119 e. The predicted octanol–water partition coefficient (Wildman–Crippen LogP) is 2.67. The molecule has 2 aromatic carbocycles. The largest absolute Gasteiger partial charge is 0.497 e. The summed E-state index contributed by atoms with van der Waals surface area (Å²) in [4.78, 5) is 2.15. The van der Waals surface area contributed by atoms with Crippen LogP contribution >= 0.6 is 0 Å². The van der Waals surface area contributed by atoms with Crippen LogP contribution < -0.4 is 9.64 Å². The molecule has 2 rings (SSSR count). The van der Waals surface area contributed by atoms with Gasteiger partial charge in [-0.2, -0.15) is 0 Å². The third kappa shape index (κ3) is 2.74. The number of aliphatic hydroxyl groups excluding tert-OH is 1. The van der Waals surface area contributed by atoms with E-state index in [2.05, 4.69) is 29.2 Å². The van der Waals surface area contributed by atoms with E-state index in [4.69, 9.17) is 9.84 Å². The summed E-state index contributed by atoms with van der Waals surface area (Å²) in [6.45, 7) is 1.09. The van der Waals surface area contributed by atoms with Crippen LogP contribution in [-0.4, -0.2) is 32.4 Å². The third-order valence-electron chi connectivity index (χ3n) is 3.12. The number of rotatable bonds is 5. The monoisotopic (exact) mass is 245 g/mol. The second-order valence-corrected chi connectivity index (χ2v) is 4.40. The van der Waals surface area contributed by atoms with E-state index in [1.165, 1.54) is 16.5 Å². The zero-order chi connectivity index (χ0) is 13.0. The Hall–Kier alpha value is -1.74. The normalized spacial score (nSPS) is 10.6. The highest BCUT2D eigenvalue weighted by Crippen LogP contribution is 2.25. The zero-order valence-corrected chi connectivity index (χ0v) is 10.9. The lowest BCUT2D eigenvalue weighted by Crippen LogP contribution is -2.19. The lowest BCUT2D eigenvalue weighted by Gasteiger charge is -2.19. The first-order valence-corrected chi connectivity index (χ1v) is 6.14. The average molecular weight is 245 g/mol. The van der Waals surface area contributed by atoms with Gasteiger partial charge in [-0.3, -0.25) is 0 Å². The molecule has 0 aliphatic heterocycles. The van der Waals surface area contributed by atoms with Gasteiger partial charge in [-0.1, -0.05) is 12.1 Å². The first kappa shape index (κ1) is 12.7. The molecule has 0 saturated carbocycles. The minimum absolute atomic E-state index is 0.231. The van der Waals surface area contributed by atoms with Crippen LogP contribution in [0.2, 0.25) is 0 Å². The van der Waals surface area contributed by atoms with Gasteiger partial charge in [-0.25, -0.2) is 0 Å². The Kier molecular flexibility index (Phi) is 4.05. The van der Waals surface area contributed by atoms with Crippen molar-refractivity contribution >= 4 is 16.5 Å². The SMILES string of the molecule is COc1ccc2cc(N(C)CCCO)ccc2c1. The molecule has 0 atom stereocenters. The van der Waals surface area contributed by atoms with Gasteiger partial charge in [0, 0.05) is 25.9 Å². The molecule has 2 aromatic rings. The topological polar surface area (TPSA) is 32.7 Å². The molecule has 0 bridgehead atoms. The molecule has 0 unspecified atom stereocenters. The maximum atomic E-state index is 8.85. The van der Waals surface area contributed by atoms with E-state index in [1.807, 2.05) is 19.2 Å². The van der Waals surface area contributed by atoms with Crippen LogP contribution in [0.3, 0.4) is 0 Å². The summed E-state index contributed by atoms with van der Waals surface area (Å²) in [5, 5.41) is 11.2. The minimum atomic E-state index is 0.231. The Morgan fingerprint density at radius 1 is 1.11 bits per heavy atom. The number of fused-ring (bicyclic) bond motifs is 1. The fraction of sp³-hybridized carbons (Fsp3) is 0.333. The number of ether oxygens (including phenoxy) is 1. The van der Waals surface area contributed by atoms with Gasteiger partial charge in [0.05, 0.1) is 7.11 Å². The van der Waals surface area contributed by atoms with Gasteiger partial charge >= 0.3 is 0 Å². The minimum Gasteiger partial charge on any atom is -0.497 e. The molecule has 96 valence electrons. The molecule has 3 heteroatoms. The van der Waals surface area contributed by atoms with E-state index in [0.717, 1.165) is 18.7 Å². The summed E-state index contributed by atoms with van der Waals surface area (Å²) in [5.41, 5.74) is 1.17. The molecule has 0 spiro atoms. The van der Waals surface area contributed by atoms with Gasteiger partial charge in [0.25, 0.3) is 0 Å². The number of nitrogens with zero attached hydrogens (tertiary/aromatic N) is 1. The van der Waals surface area contributed by atoms with Crippen molar-refractivity contribution < 1.29 is 9.84 Å². The molecule has 3 nitrogen and oxygen atoms in total. The van der Waals surface area contributed by atoms with Crippen molar-refractivity contribution in [2.45, 2.75) is 6.42 Å². The molecule has 0 aliphatic carbocycles. The highest BCUT2D eigenvalue weighted by molar-refractivity contribution is 5.87. The summed E-state index contributed by atoms with van der Waals surface area (Å²) >= 11 is 0. The van der Waals surface area contributed by atoms with E-state index >= 15 is 0 Å². The van der Waals surface area contributed by atoms with Gasteiger partial charge in [-0.05, 0) is 41.5 Å². The van der Waals surface area contributed by atoms with E-state index in [9.17, 15) is 0 Å². The molecule has 0 fully saturated rings. The summed E-state index contributed by atoms with van der Waals surface area (Å²) in [6, 6.07) is 12.4. The molecule has 0 aromatic heterocycles. The molecule has 0 radical (unpaired) electrons. The molecule has 0 heterocycles. The zero-order valence-electron chi connectivity index (χ0n) is 10.9. The molecular formula is C15H19NO2. The molecule has 18 heavy (non-hydrogen) atoms. The Bertz CT molecular complexity index is 525. The van der Waals surface area contributed by atoms with Crippen molar-refractivity contribution in [2.24, 2.45) is 0 Å². The molecule has 0 amide bonds. The number of aliphatic hydroxyl groups is 1. The quantitative estimate of drug-likeness (QED) is 0.879. The van der Waals surface area contributed by atoms with Crippen LogP contribution in [0.1, 0.15) is 6.42 Å². The van der Waals surface area contributed by atoms with Crippen molar-refractivity contribution in [1.82, 2.24) is 0 Å². The number of benzene rings is 2. The predicted molar refractivity (Wildman–Crippen MR) is 75.5 cm³/mol. The van der Waals surface area contributed by atoms with Gasteiger partial charge in [0.2, 0.25) is 0 Å². The summed E-state index contributed by atoms with van der Waals surface area (Å²) in [5.74, 6) is 0.879. The summed E-state index contributed by atoms with van der Waals surface area (Å²) in [7, 11) is 3.72. The molecule has 0 aliphatic rings. The maximum absolute atomic E-state index is 8.85. The summed E-state index contributed by atoms with van der Waals surface area (Å²) in [6.07, 6.45) is 0.789.